The normalized spacial score (nSPS) is 20.8. The van der Waals surface area contributed by atoms with E-state index in [0.717, 1.165) is 16.5 Å². The number of fused-ring (bicyclic) bond motifs is 1. The maximum atomic E-state index is 12.4. The lowest BCUT2D eigenvalue weighted by Gasteiger charge is -2.08. The molecule has 0 spiro atoms. The predicted octanol–water partition coefficient (Wildman–Crippen LogP) is 3.10. The first kappa shape index (κ1) is 17.3. The SMILES string of the molecule is CC(C)=CC1C(C(=O)NNC(=O)Cc2c[nH]c3ccccc23)C1(C)C. The molecule has 1 aliphatic carbocycles. The molecule has 1 aromatic carbocycles. The Balaban J connectivity index is 1.56. The van der Waals surface area contributed by atoms with Gasteiger partial charge in [0.25, 0.3) is 0 Å². The Kier molecular flexibility index (Phi) is 4.41. The minimum absolute atomic E-state index is 0.0665. The number of H-pyrrole nitrogens is 1. The molecule has 1 saturated carbocycles. The van der Waals surface area contributed by atoms with E-state index >= 15 is 0 Å². The zero-order valence-corrected chi connectivity index (χ0v) is 15.1. The molecule has 3 N–H and O–H groups in total. The van der Waals surface area contributed by atoms with Crippen LogP contribution in [-0.2, 0) is 16.0 Å². The second-order valence-electron chi connectivity index (χ2n) is 7.64. The highest BCUT2D eigenvalue weighted by Gasteiger charge is 2.60. The van der Waals surface area contributed by atoms with Gasteiger partial charge in [-0.15, -0.1) is 0 Å². The van der Waals surface area contributed by atoms with Gasteiger partial charge in [0.2, 0.25) is 11.8 Å². The molecule has 2 unspecified atom stereocenters. The van der Waals surface area contributed by atoms with Crippen LogP contribution in [0.5, 0.6) is 0 Å². The lowest BCUT2D eigenvalue weighted by Crippen LogP contribution is -2.43. The van der Waals surface area contributed by atoms with E-state index in [4.69, 9.17) is 0 Å². The molecule has 1 heterocycles. The standard InChI is InChI=1S/C20H25N3O2/c1-12(2)9-15-18(20(15,3)4)19(25)23-22-17(24)10-13-11-21-16-8-6-5-7-14(13)16/h5-9,11,15,18,21H,10H2,1-4H3,(H,22,24)(H,23,25). The summed E-state index contributed by atoms with van der Waals surface area (Å²) in [4.78, 5) is 27.7. The molecule has 0 aliphatic heterocycles. The highest BCUT2D eigenvalue weighted by molar-refractivity contribution is 5.90. The molecule has 1 aromatic heterocycles. The Labute approximate surface area is 147 Å². The average molecular weight is 339 g/mol. The van der Waals surface area contributed by atoms with Gasteiger partial charge in [0.05, 0.1) is 12.3 Å². The molecule has 5 heteroatoms. The van der Waals surface area contributed by atoms with E-state index in [-0.39, 0.29) is 35.5 Å². The molecule has 5 nitrogen and oxygen atoms in total. The maximum Gasteiger partial charge on any atom is 0.242 e. The number of nitrogens with one attached hydrogen (secondary N) is 3. The highest BCUT2D eigenvalue weighted by atomic mass is 16.2. The van der Waals surface area contributed by atoms with Crippen LogP contribution < -0.4 is 10.9 Å². The second kappa shape index (κ2) is 6.39. The highest BCUT2D eigenvalue weighted by Crippen LogP contribution is 2.59. The van der Waals surface area contributed by atoms with Crippen molar-refractivity contribution in [2.24, 2.45) is 17.3 Å². The number of carbonyl (C=O) groups excluding carboxylic acids is 2. The quantitative estimate of drug-likeness (QED) is 0.591. The Bertz CT molecular complexity index is 843. The fourth-order valence-corrected chi connectivity index (χ4v) is 3.55. The third kappa shape index (κ3) is 3.45. The zero-order chi connectivity index (χ0) is 18.2. The Morgan fingerprint density at radius 2 is 1.92 bits per heavy atom. The third-order valence-corrected chi connectivity index (χ3v) is 5.06. The van der Waals surface area contributed by atoms with Crippen LogP contribution in [0, 0.1) is 17.3 Å². The van der Waals surface area contributed by atoms with Crippen molar-refractivity contribution in [1.29, 1.82) is 0 Å². The van der Waals surface area contributed by atoms with E-state index in [1.807, 2.05) is 44.3 Å². The van der Waals surface area contributed by atoms with Gasteiger partial charge >= 0.3 is 0 Å². The summed E-state index contributed by atoms with van der Waals surface area (Å²) < 4.78 is 0. The van der Waals surface area contributed by atoms with Crippen LogP contribution in [0.2, 0.25) is 0 Å². The van der Waals surface area contributed by atoms with E-state index in [1.165, 1.54) is 5.57 Å². The fourth-order valence-electron chi connectivity index (χ4n) is 3.55. The van der Waals surface area contributed by atoms with Crippen LogP contribution >= 0.6 is 0 Å². The topological polar surface area (TPSA) is 74.0 Å². The van der Waals surface area contributed by atoms with Gasteiger partial charge in [-0.25, -0.2) is 0 Å². The summed E-state index contributed by atoms with van der Waals surface area (Å²) in [5.74, 6) is -0.228. The minimum atomic E-state index is -0.227. The first-order valence-corrected chi connectivity index (χ1v) is 8.59. The largest absolute Gasteiger partial charge is 0.361 e. The summed E-state index contributed by atoms with van der Waals surface area (Å²) in [7, 11) is 0. The van der Waals surface area contributed by atoms with Crippen LogP contribution in [0.4, 0.5) is 0 Å². The lowest BCUT2D eigenvalue weighted by molar-refractivity contribution is -0.129. The molecule has 132 valence electrons. The van der Waals surface area contributed by atoms with Gasteiger partial charge < -0.3 is 4.98 Å². The molecular formula is C20H25N3O2. The number of allylic oxidation sites excluding steroid dienone is 2. The molecule has 0 saturated heterocycles. The molecule has 0 bridgehead atoms. The third-order valence-electron chi connectivity index (χ3n) is 5.06. The van der Waals surface area contributed by atoms with Crippen molar-refractivity contribution in [1.82, 2.24) is 15.8 Å². The van der Waals surface area contributed by atoms with Crippen molar-refractivity contribution < 1.29 is 9.59 Å². The molecule has 3 rings (SSSR count). The van der Waals surface area contributed by atoms with Crippen molar-refractivity contribution in [3.8, 4) is 0 Å². The van der Waals surface area contributed by atoms with Crippen molar-refractivity contribution in [3.63, 3.8) is 0 Å². The van der Waals surface area contributed by atoms with Gasteiger partial charge in [-0.3, -0.25) is 20.4 Å². The Morgan fingerprint density at radius 3 is 2.64 bits per heavy atom. The summed E-state index contributed by atoms with van der Waals surface area (Å²) in [5, 5.41) is 1.02. The molecular weight excluding hydrogens is 314 g/mol. The minimum Gasteiger partial charge on any atom is -0.361 e. The number of carbonyl (C=O) groups is 2. The smallest absolute Gasteiger partial charge is 0.242 e. The van der Waals surface area contributed by atoms with E-state index < -0.39 is 0 Å². The summed E-state index contributed by atoms with van der Waals surface area (Å²) in [6, 6.07) is 7.84. The number of aromatic amines is 1. The van der Waals surface area contributed by atoms with Crippen LogP contribution in [0.25, 0.3) is 10.9 Å². The maximum absolute atomic E-state index is 12.4. The number of amides is 2. The van der Waals surface area contributed by atoms with E-state index in [2.05, 4.69) is 35.8 Å². The molecule has 2 amide bonds. The van der Waals surface area contributed by atoms with Crippen molar-refractivity contribution in [2.45, 2.75) is 34.1 Å². The lowest BCUT2D eigenvalue weighted by atomic mass is 10.1. The monoisotopic (exact) mass is 339 g/mol. The fraction of sp³-hybridized carbons (Fsp3) is 0.400. The summed E-state index contributed by atoms with van der Waals surface area (Å²) in [5.41, 5.74) is 8.18. The molecule has 2 aromatic rings. The van der Waals surface area contributed by atoms with E-state index in [0.29, 0.717) is 0 Å². The summed E-state index contributed by atoms with van der Waals surface area (Å²) in [6.07, 6.45) is 4.19. The van der Waals surface area contributed by atoms with Crippen LogP contribution in [0.3, 0.4) is 0 Å². The average Bonchev–Trinajstić information content (AvgIpc) is 2.90. The van der Waals surface area contributed by atoms with Gasteiger partial charge in [0.15, 0.2) is 0 Å². The number of rotatable bonds is 4. The first-order valence-electron chi connectivity index (χ1n) is 8.59. The molecule has 25 heavy (non-hydrogen) atoms. The van der Waals surface area contributed by atoms with Gasteiger partial charge in [0, 0.05) is 17.1 Å². The Hall–Kier alpha value is -2.56. The van der Waals surface area contributed by atoms with Gasteiger partial charge in [-0.1, -0.05) is 43.7 Å². The number of para-hydroxylation sites is 1. The molecule has 1 aliphatic rings. The van der Waals surface area contributed by atoms with Crippen molar-refractivity contribution >= 4 is 22.7 Å². The van der Waals surface area contributed by atoms with Crippen LogP contribution in [-0.4, -0.2) is 16.8 Å². The summed E-state index contributed by atoms with van der Waals surface area (Å²) in [6.45, 7) is 8.23. The van der Waals surface area contributed by atoms with Crippen LogP contribution in [0.15, 0.2) is 42.1 Å². The number of hydrogen-bond donors (Lipinski definition) is 3. The number of hydrazine groups is 1. The van der Waals surface area contributed by atoms with E-state index in [9.17, 15) is 9.59 Å². The second-order valence-corrected chi connectivity index (χ2v) is 7.64. The van der Waals surface area contributed by atoms with Gasteiger partial charge in [0.1, 0.15) is 0 Å². The van der Waals surface area contributed by atoms with E-state index in [1.54, 1.807) is 0 Å². The van der Waals surface area contributed by atoms with Gasteiger partial charge in [-0.05, 0) is 36.8 Å². The number of aromatic nitrogens is 1. The van der Waals surface area contributed by atoms with Crippen molar-refractivity contribution in [3.05, 3.63) is 47.7 Å². The number of benzene rings is 1. The summed E-state index contributed by atoms with van der Waals surface area (Å²) >= 11 is 0. The number of hydrogen-bond acceptors (Lipinski definition) is 2. The first-order chi connectivity index (χ1) is 11.8. The molecule has 2 atom stereocenters. The molecule has 0 radical (unpaired) electrons. The Morgan fingerprint density at radius 1 is 1.20 bits per heavy atom. The van der Waals surface area contributed by atoms with Gasteiger partial charge in [-0.2, -0.15) is 0 Å². The molecule has 1 fully saturated rings. The predicted molar refractivity (Wildman–Crippen MR) is 98.5 cm³/mol. The van der Waals surface area contributed by atoms with Crippen LogP contribution in [0.1, 0.15) is 33.3 Å². The zero-order valence-electron chi connectivity index (χ0n) is 15.1. The van der Waals surface area contributed by atoms with Crippen molar-refractivity contribution in [2.75, 3.05) is 0 Å².